The lowest BCUT2D eigenvalue weighted by atomic mass is 9.89. The number of rotatable bonds is 18. The number of nitro groups is 2. The van der Waals surface area contributed by atoms with Crippen molar-refractivity contribution in [1.82, 2.24) is 37.7 Å². The van der Waals surface area contributed by atoms with Crippen LogP contribution in [0.5, 0.6) is 0 Å². The van der Waals surface area contributed by atoms with Crippen molar-refractivity contribution >= 4 is 79.3 Å². The molecule has 0 spiro atoms. The van der Waals surface area contributed by atoms with Crippen LogP contribution in [0.4, 0.5) is 11.4 Å². The van der Waals surface area contributed by atoms with Gasteiger partial charge in [-0.25, -0.2) is 9.44 Å². The van der Waals surface area contributed by atoms with Crippen LogP contribution in [-0.4, -0.2) is 171 Å². The number of hydrogen-bond donors (Lipinski definition) is 2. The molecule has 2 N–H and O–H groups in total. The van der Waals surface area contributed by atoms with Crippen molar-refractivity contribution in [1.29, 1.82) is 0 Å². The fourth-order valence-corrected chi connectivity index (χ4v) is 14.5. The van der Waals surface area contributed by atoms with Crippen molar-refractivity contribution in [2.24, 2.45) is 11.8 Å². The highest BCUT2D eigenvalue weighted by Gasteiger charge is 2.37. The van der Waals surface area contributed by atoms with E-state index in [0.717, 1.165) is 22.9 Å². The number of likely N-dealkylation sites (tertiary alicyclic amines) is 2. The van der Waals surface area contributed by atoms with Gasteiger partial charge in [-0.05, 0) is 109 Å². The van der Waals surface area contributed by atoms with E-state index in [2.05, 4.69) is 9.44 Å². The highest BCUT2D eigenvalue weighted by Crippen LogP contribution is 2.50. The van der Waals surface area contributed by atoms with Gasteiger partial charge in [0.25, 0.3) is 11.4 Å². The lowest BCUT2D eigenvalue weighted by Crippen LogP contribution is -2.54. The lowest BCUT2D eigenvalue weighted by Gasteiger charge is -2.33. The van der Waals surface area contributed by atoms with Crippen molar-refractivity contribution in [2.45, 2.75) is 75.0 Å². The Bertz CT molecular complexity index is 3210. The maximum absolute atomic E-state index is 14.0. The Labute approximate surface area is 489 Å². The molecule has 444 valence electrons. The normalized spacial score (nSPS) is 19.2. The molecule has 4 saturated heterocycles. The van der Waals surface area contributed by atoms with Gasteiger partial charge in [-0.3, -0.25) is 39.4 Å². The predicted molar refractivity (Wildman–Crippen MR) is 318 cm³/mol. The molecular weight excluding hydrogens is 1120 g/mol. The topological polar surface area (TPSA) is 266 Å². The zero-order valence-corrected chi connectivity index (χ0v) is 50.0. The third kappa shape index (κ3) is 14.7. The summed E-state index contributed by atoms with van der Waals surface area (Å²) in [5.74, 6) is -4.25. The van der Waals surface area contributed by atoms with Crippen molar-refractivity contribution in [2.75, 3.05) is 92.6 Å². The van der Waals surface area contributed by atoms with E-state index in [-0.39, 0.29) is 96.5 Å². The fraction of sp³-hybridized carbons (Fsp3) is 0.448. The zero-order chi connectivity index (χ0) is 59.9. The molecule has 4 aliphatic rings. The quantitative estimate of drug-likeness (QED) is 0.0580. The first-order chi connectivity index (χ1) is 39.4. The van der Waals surface area contributed by atoms with Crippen LogP contribution in [0, 0.1) is 32.1 Å². The summed E-state index contributed by atoms with van der Waals surface area (Å²) in [6.07, 6.45) is 7.08. The average Bonchev–Trinajstić information content (AvgIpc) is 3.52. The summed E-state index contributed by atoms with van der Waals surface area (Å²) in [4.78, 5) is 88.1. The van der Waals surface area contributed by atoms with Crippen LogP contribution in [0.2, 0.25) is 0 Å². The molecule has 4 amide bonds. The number of piperidine rings is 2. The maximum Gasteiger partial charge on any atom is 0.303 e. The molecule has 25 heteroatoms. The number of amides is 4. The molecule has 0 aliphatic carbocycles. The SMILES string of the molecule is CC(C)c1ccccc1-c1c(C=CC(=O)N2CCCC(C(=O)NS(=O)(=O)N3CCN(C)CC3)C2)ccc(Sc2ccc(C=CC(=O)N3CCCC(C(=O)NS(=O)(=O)N4CCN(C)CC4)C3)c(-c3ccccc3C(C)C)c2[N+](=O)[O-])c1[N+](=O)[O-]. The van der Waals surface area contributed by atoms with Gasteiger partial charge in [-0.2, -0.15) is 25.4 Å². The van der Waals surface area contributed by atoms with Gasteiger partial charge in [-0.15, -0.1) is 0 Å². The molecule has 22 nitrogen and oxygen atoms in total. The Balaban J connectivity index is 1.11. The lowest BCUT2D eigenvalue weighted by molar-refractivity contribution is -0.387. The van der Waals surface area contributed by atoms with Crippen LogP contribution in [-0.2, 0) is 39.6 Å². The van der Waals surface area contributed by atoms with E-state index < -0.39 is 65.7 Å². The zero-order valence-electron chi connectivity index (χ0n) is 47.6. The molecular formula is C58H72N10O12S3. The van der Waals surface area contributed by atoms with Crippen LogP contribution in [0.15, 0.2) is 94.7 Å². The summed E-state index contributed by atoms with van der Waals surface area (Å²) in [6, 6.07) is 20.6. The molecule has 2 atom stereocenters. The van der Waals surface area contributed by atoms with Gasteiger partial charge in [-0.1, -0.05) is 100 Å². The van der Waals surface area contributed by atoms with Gasteiger partial charge in [0.1, 0.15) is 0 Å². The summed E-state index contributed by atoms with van der Waals surface area (Å²) in [7, 11) is -4.44. The third-order valence-corrected chi connectivity index (χ3v) is 19.8. The number of carbonyl (C=O) groups is 4. The molecule has 4 aromatic carbocycles. The van der Waals surface area contributed by atoms with Crippen molar-refractivity contribution in [3.8, 4) is 22.3 Å². The van der Waals surface area contributed by atoms with Crippen molar-refractivity contribution in [3.63, 3.8) is 0 Å². The molecule has 4 aromatic rings. The van der Waals surface area contributed by atoms with Crippen LogP contribution >= 0.6 is 11.8 Å². The van der Waals surface area contributed by atoms with Crippen LogP contribution in [0.3, 0.4) is 0 Å². The van der Waals surface area contributed by atoms with E-state index in [0.29, 0.717) is 74.1 Å². The first-order valence-electron chi connectivity index (χ1n) is 27.9. The predicted octanol–water partition coefficient (Wildman–Crippen LogP) is 6.96. The van der Waals surface area contributed by atoms with Gasteiger partial charge in [0, 0.05) is 90.7 Å². The van der Waals surface area contributed by atoms with E-state index in [1.54, 1.807) is 36.4 Å². The Morgan fingerprint density at radius 3 is 1.27 bits per heavy atom. The third-order valence-electron chi connectivity index (χ3n) is 15.7. The second kappa shape index (κ2) is 26.8. The minimum atomic E-state index is -4.10. The number of hydrogen-bond acceptors (Lipinski definition) is 15. The number of nitro benzene ring substituents is 2. The number of benzene rings is 4. The maximum atomic E-state index is 14.0. The molecule has 83 heavy (non-hydrogen) atoms. The molecule has 0 bridgehead atoms. The molecule has 2 unspecified atom stereocenters. The Morgan fingerprint density at radius 1 is 0.554 bits per heavy atom. The van der Waals surface area contributed by atoms with Crippen LogP contribution < -0.4 is 9.44 Å². The smallest absolute Gasteiger partial charge is 0.303 e. The highest BCUT2D eigenvalue weighted by atomic mass is 32.2. The summed E-state index contributed by atoms with van der Waals surface area (Å²) < 4.78 is 59.5. The number of likely N-dealkylation sites (N-methyl/N-ethyl adjacent to an activating group) is 2. The second-order valence-electron chi connectivity index (χ2n) is 22.1. The first kappa shape index (κ1) is 62.2. The highest BCUT2D eigenvalue weighted by molar-refractivity contribution is 7.99. The fourth-order valence-electron chi connectivity index (χ4n) is 11.0. The number of nitrogens with zero attached hydrogens (tertiary/aromatic N) is 8. The number of carbonyl (C=O) groups excluding carboxylic acids is 4. The van der Waals surface area contributed by atoms with Gasteiger partial charge in [0.15, 0.2) is 0 Å². The summed E-state index contributed by atoms with van der Waals surface area (Å²) in [5.41, 5.74) is 2.72. The molecule has 0 aromatic heterocycles. The van der Waals surface area contributed by atoms with Gasteiger partial charge >= 0.3 is 20.4 Å². The molecule has 4 heterocycles. The Kier molecular flexibility index (Phi) is 20.1. The van der Waals surface area contributed by atoms with E-state index >= 15 is 0 Å². The van der Waals surface area contributed by atoms with E-state index in [1.807, 2.05) is 75.9 Å². The Hall–Kier alpha value is -6.87. The summed E-state index contributed by atoms with van der Waals surface area (Å²) >= 11 is 0.833. The van der Waals surface area contributed by atoms with Crippen molar-refractivity contribution < 1.29 is 45.9 Å². The molecule has 0 saturated carbocycles. The van der Waals surface area contributed by atoms with Gasteiger partial charge in [0.05, 0.1) is 42.6 Å². The molecule has 8 rings (SSSR count). The Morgan fingerprint density at radius 2 is 0.916 bits per heavy atom. The molecule has 4 fully saturated rings. The first-order valence-corrected chi connectivity index (χ1v) is 31.6. The number of piperazine rings is 2. The molecule has 0 radical (unpaired) electrons. The van der Waals surface area contributed by atoms with Crippen molar-refractivity contribution in [3.05, 3.63) is 127 Å². The monoisotopic (exact) mass is 1200 g/mol. The average molecular weight is 1200 g/mol. The summed E-state index contributed by atoms with van der Waals surface area (Å²) in [5, 5.41) is 27.3. The molecule has 4 aliphatic heterocycles. The van der Waals surface area contributed by atoms with Crippen LogP contribution in [0.25, 0.3) is 34.4 Å². The minimum absolute atomic E-state index is 0.0497. The minimum Gasteiger partial charge on any atom is -0.338 e. The van der Waals surface area contributed by atoms with E-state index in [4.69, 9.17) is 0 Å². The largest absolute Gasteiger partial charge is 0.338 e. The standard InChI is InChI=1S/C58H72N10O12S3/c1-39(2)45-15-7-9-17-47(45)53-41(21-25-51(69)63-27-11-13-43(37-63)57(71)59-82(77,78)65-33-29-61(5)30-34-65)19-23-49(55(53)67(73)74)81-50-24-20-42(54(56(50)68(75)76)48-18-10-8-16-46(48)40(3)4)22-26-52(70)64-28-12-14-44(38-64)58(72)60-83(79,80)66-35-31-62(6)32-36-66/h7-10,15-26,39-40,43-44H,11-14,27-38H2,1-6H3,(H,59,71)(H,60,72). The van der Waals surface area contributed by atoms with E-state index in [9.17, 15) is 56.2 Å². The summed E-state index contributed by atoms with van der Waals surface area (Å²) in [6.45, 7) is 11.2. The van der Waals surface area contributed by atoms with Gasteiger partial charge in [0.2, 0.25) is 23.6 Å². The second-order valence-corrected chi connectivity index (χ2v) is 26.5. The van der Waals surface area contributed by atoms with Crippen LogP contribution in [0.1, 0.15) is 87.5 Å². The van der Waals surface area contributed by atoms with Gasteiger partial charge < -0.3 is 19.6 Å². The van der Waals surface area contributed by atoms with E-state index in [1.165, 1.54) is 54.8 Å². The number of nitrogens with one attached hydrogen (secondary N) is 2.